The molecule has 0 atom stereocenters. The van der Waals surface area contributed by atoms with Gasteiger partial charge in [-0.2, -0.15) is 13.2 Å². The number of carbonyl (C=O) groups is 1. The summed E-state index contributed by atoms with van der Waals surface area (Å²) >= 11 is 0. The summed E-state index contributed by atoms with van der Waals surface area (Å²) in [4.78, 5) is 11.5. The van der Waals surface area contributed by atoms with Crippen LogP contribution in [0.1, 0.15) is 44.9 Å². The van der Waals surface area contributed by atoms with Crippen LogP contribution >= 0.6 is 0 Å². The second kappa shape index (κ2) is 5.31. The van der Waals surface area contributed by atoms with Gasteiger partial charge in [0.2, 0.25) is 5.92 Å². The molecule has 17 heavy (non-hydrogen) atoms. The molecule has 0 radical (unpaired) electrons. The molecule has 1 saturated carbocycles. The van der Waals surface area contributed by atoms with E-state index < -0.39 is 24.4 Å². The molecule has 1 nitrogen and oxygen atoms in total. The van der Waals surface area contributed by atoms with Crippen LogP contribution in [0.3, 0.4) is 0 Å². The molecular formula is C11H15F5O. The highest BCUT2D eigenvalue weighted by Crippen LogP contribution is 2.37. The first-order chi connectivity index (χ1) is 7.70. The number of hydrogen-bond donors (Lipinski definition) is 0. The Bertz CT molecular complexity index is 262. The first-order valence-corrected chi connectivity index (χ1v) is 5.67. The summed E-state index contributed by atoms with van der Waals surface area (Å²) in [7, 11) is 0. The minimum absolute atomic E-state index is 0.0951. The second-order valence-electron chi connectivity index (χ2n) is 4.57. The molecule has 0 aromatic rings. The van der Waals surface area contributed by atoms with E-state index in [0.717, 1.165) is 0 Å². The molecule has 0 aromatic heterocycles. The van der Waals surface area contributed by atoms with Crippen LogP contribution in [-0.4, -0.2) is 17.9 Å². The quantitative estimate of drug-likeness (QED) is 0.693. The monoisotopic (exact) mass is 258 g/mol. The number of rotatable bonds is 4. The van der Waals surface area contributed by atoms with Gasteiger partial charge in [0.15, 0.2) is 0 Å². The van der Waals surface area contributed by atoms with Crippen LogP contribution in [0.4, 0.5) is 22.0 Å². The van der Waals surface area contributed by atoms with Gasteiger partial charge in [0, 0.05) is 31.6 Å². The van der Waals surface area contributed by atoms with Crippen LogP contribution in [0.15, 0.2) is 0 Å². The first-order valence-electron chi connectivity index (χ1n) is 5.67. The highest BCUT2D eigenvalue weighted by molar-refractivity contribution is 5.81. The normalized spacial score (nSPS) is 21.5. The molecule has 1 aliphatic rings. The van der Waals surface area contributed by atoms with E-state index in [4.69, 9.17) is 0 Å². The zero-order valence-corrected chi connectivity index (χ0v) is 9.33. The fourth-order valence-electron chi connectivity index (χ4n) is 2.03. The van der Waals surface area contributed by atoms with Crippen molar-refractivity contribution in [2.45, 2.75) is 57.0 Å². The summed E-state index contributed by atoms with van der Waals surface area (Å²) in [5.74, 6) is -3.48. The molecule has 6 heteroatoms. The zero-order valence-electron chi connectivity index (χ0n) is 9.33. The summed E-state index contributed by atoms with van der Waals surface area (Å²) in [5.41, 5.74) is 0. The Hall–Kier alpha value is -0.680. The predicted octanol–water partition coefficient (Wildman–Crippen LogP) is 4.11. The maximum absolute atomic E-state index is 12.8. The van der Waals surface area contributed by atoms with E-state index in [0.29, 0.717) is 0 Å². The van der Waals surface area contributed by atoms with E-state index in [1.54, 1.807) is 0 Å². The van der Waals surface area contributed by atoms with Gasteiger partial charge in [-0.05, 0) is 19.3 Å². The molecule has 0 aromatic carbocycles. The lowest BCUT2D eigenvalue weighted by molar-refractivity contribution is -0.138. The van der Waals surface area contributed by atoms with Crippen LogP contribution < -0.4 is 0 Å². The molecule has 0 unspecified atom stereocenters. The molecule has 1 aliphatic carbocycles. The number of alkyl halides is 5. The molecular weight excluding hydrogens is 243 g/mol. The van der Waals surface area contributed by atoms with Crippen LogP contribution in [0.2, 0.25) is 0 Å². The maximum Gasteiger partial charge on any atom is 0.389 e. The van der Waals surface area contributed by atoms with Crippen LogP contribution in [0.25, 0.3) is 0 Å². The lowest BCUT2D eigenvalue weighted by Gasteiger charge is -2.27. The van der Waals surface area contributed by atoms with Crippen molar-refractivity contribution in [2.75, 3.05) is 0 Å². The maximum atomic E-state index is 12.8. The minimum atomic E-state index is -4.25. The van der Waals surface area contributed by atoms with Crippen molar-refractivity contribution < 1.29 is 26.7 Å². The van der Waals surface area contributed by atoms with Gasteiger partial charge in [0.1, 0.15) is 5.78 Å². The van der Waals surface area contributed by atoms with E-state index >= 15 is 0 Å². The van der Waals surface area contributed by atoms with Crippen molar-refractivity contribution in [1.82, 2.24) is 0 Å². The van der Waals surface area contributed by atoms with Crippen LogP contribution in [0.5, 0.6) is 0 Å². The number of ketones is 1. The second-order valence-corrected chi connectivity index (χ2v) is 4.57. The van der Waals surface area contributed by atoms with Crippen molar-refractivity contribution in [2.24, 2.45) is 5.92 Å². The van der Waals surface area contributed by atoms with Gasteiger partial charge in [0.05, 0.1) is 0 Å². The van der Waals surface area contributed by atoms with E-state index in [1.165, 1.54) is 0 Å². The van der Waals surface area contributed by atoms with E-state index in [1.807, 2.05) is 0 Å². The molecule has 0 N–H and O–H groups in total. The van der Waals surface area contributed by atoms with Crippen LogP contribution in [-0.2, 0) is 4.79 Å². The third-order valence-corrected chi connectivity index (χ3v) is 3.06. The molecule has 0 amide bonds. The molecule has 1 fully saturated rings. The van der Waals surface area contributed by atoms with E-state index in [2.05, 4.69) is 0 Å². The average Bonchev–Trinajstić information content (AvgIpc) is 2.15. The Morgan fingerprint density at radius 2 is 1.71 bits per heavy atom. The fourth-order valence-corrected chi connectivity index (χ4v) is 2.03. The molecule has 0 spiro atoms. The fraction of sp³-hybridized carbons (Fsp3) is 0.909. The number of hydrogen-bond acceptors (Lipinski definition) is 1. The molecule has 100 valence electrons. The summed E-state index contributed by atoms with van der Waals surface area (Å²) < 4.78 is 61.1. The number of Topliss-reactive ketones (excluding diaryl/α,β-unsaturated/α-hetero) is 1. The largest absolute Gasteiger partial charge is 0.389 e. The van der Waals surface area contributed by atoms with Crippen LogP contribution in [0, 0.1) is 5.92 Å². The third-order valence-electron chi connectivity index (χ3n) is 3.06. The molecule has 0 aliphatic heterocycles. The molecule has 0 bridgehead atoms. The van der Waals surface area contributed by atoms with Gasteiger partial charge < -0.3 is 0 Å². The Morgan fingerprint density at radius 1 is 1.18 bits per heavy atom. The molecule has 0 saturated heterocycles. The van der Waals surface area contributed by atoms with E-state index in [-0.39, 0.29) is 44.3 Å². The van der Waals surface area contributed by atoms with Crippen molar-refractivity contribution >= 4 is 5.78 Å². The first kappa shape index (κ1) is 14.4. The Balaban J connectivity index is 2.25. The van der Waals surface area contributed by atoms with Crippen molar-refractivity contribution in [3.8, 4) is 0 Å². The van der Waals surface area contributed by atoms with Gasteiger partial charge in [-0.25, -0.2) is 8.78 Å². The summed E-state index contributed by atoms with van der Waals surface area (Å²) in [6.07, 6.45) is -6.10. The van der Waals surface area contributed by atoms with Gasteiger partial charge in [-0.1, -0.05) is 0 Å². The topological polar surface area (TPSA) is 17.1 Å². The van der Waals surface area contributed by atoms with Gasteiger partial charge in [-0.15, -0.1) is 0 Å². The highest BCUT2D eigenvalue weighted by Gasteiger charge is 2.37. The van der Waals surface area contributed by atoms with Crippen molar-refractivity contribution in [3.63, 3.8) is 0 Å². The Kier molecular flexibility index (Phi) is 4.49. The van der Waals surface area contributed by atoms with Gasteiger partial charge in [0.25, 0.3) is 0 Å². The number of halogens is 5. The average molecular weight is 258 g/mol. The summed E-state index contributed by atoms with van der Waals surface area (Å²) in [6, 6.07) is 0. The smallest absolute Gasteiger partial charge is 0.299 e. The van der Waals surface area contributed by atoms with Crippen molar-refractivity contribution in [3.05, 3.63) is 0 Å². The van der Waals surface area contributed by atoms with E-state index in [9.17, 15) is 26.7 Å². The summed E-state index contributed by atoms with van der Waals surface area (Å²) in [6.45, 7) is 0. The summed E-state index contributed by atoms with van der Waals surface area (Å²) in [5, 5.41) is 0. The Labute approximate surface area is 96.4 Å². The van der Waals surface area contributed by atoms with Gasteiger partial charge in [-0.3, -0.25) is 4.79 Å². The SMILES string of the molecule is O=C(CCCC(F)(F)F)C1CCC(F)(F)CC1. The Morgan fingerprint density at radius 3 is 2.18 bits per heavy atom. The minimum Gasteiger partial charge on any atom is -0.299 e. The zero-order chi connectivity index (χ0) is 13.1. The lowest BCUT2D eigenvalue weighted by Crippen LogP contribution is -2.28. The third kappa shape index (κ3) is 5.46. The highest BCUT2D eigenvalue weighted by atomic mass is 19.4. The molecule has 0 heterocycles. The lowest BCUT2D eigenvalue weighted by atomic mass is 9.83. The number of carbonyl (C=O) groups excluding carboxylic acids is 1. The predicted molar refractivity (Wildman–Crippen MR) is 51.8 cm³/mol. The molecule has 1 rings (SSSR count). The van der Waals surface area contributed by atoms with Crippen molar-refractivity contribution in [1.29, 1.82) is 0 Å². The standard InChI is InChI=1S/C11H15F5O/c12-10(13)6-3-8(4-7-10)9(17)2-1-5-11(14,15)16/h8H,1-7H2. The van der Waals surface area contributed by atoms with Gasteiger partial charge >= 0.3 is 6.18 Å².